The quantitative estimate of drug-likeness (QED) is 0.844. The van der Waals surface area contributed by atoms with Gasteiger partial charge in [-0.15, -0.1) is 0 Å². The minimum absolute atomic E-state index is 0.298. The summed E-state index contributed by atoms with van der Waals surface area (Å²) in [5.74, 6) is 0.427. The zero-order chi connectivity index (χ0) is 14.2. The van der Waals surface area contributed by atoms with Gasteiger partial charge in [-0.1, -0.05) is 0 Å². The van der Waals surface area contributed by atoms with Gasteiger partial charge >= 0.3 is 121 Å². The van der Waals surface area contributed by atoms with E-state index in [1.807, 2.05) is 13.8 Å². The molecule has 0 saturated heterocycles. The van der Waals surface area contributed by atoms with E-state index in [9.17, 15) is 5.11 Å². The third-order valence-corrected chi connectivity index (χ3v) is 5.58. The van der Waals surface area contributed by atoms with Crippen LogP contribution in [0.1, 0.15) is 27.8 Å². The van der Waals surface area contributed by atoms with Crippen molar-refractivity contribution in [2.75, 3.05) is 0 Å². The monoisotopic (exact) mass is 320 g/mol. The van der Waals surface area contributed by atoms with E-state index in [2.05, 4.69) is 45.0 Å². The molecule has 0 atom stereocenters. The SMILES string of the molecule is Cc1cc([Se]c2cc(C)c(O)c(C)c2)cc(C)c1C. The Bertz CT molecular complexity index is 528. The van der Waals surface area contributed by atoms with E-state index in [-0.39, 0.29) is 0 Å². The molecule has 0 aliphatic heterocycles. The molecule has 1 N–H and O–H groups in total. The predicted octanol–water partition coefficient (Wildman–Crippen LogP) is 2.59. The van der Waals surface area contributed by atoms with Crippen LogP contribution in [0.4, 0.5) is 0 Å². The fourth-order valence-electron chi connectivity index (χ4n) is 2.17. The Labute approximate surface area is 121 Å². The van der Waals surface area contributed by atoms with Crippen molar-refractivity contribution in [2.24, 2.45) is 0 Å². The topological polar surface area (TPSA) is 20.2 Å². The van der Waals surface area contributed by atoms with Crippen LogP contribution >= 0.6 is 0 Å². The molecule has 0 aliphatic carbocycles. The van der Waals surface area contributed by atoms with Crippen molar-refractivity contribution < 1.29 is 5.11 Å². The number of benzene rings is 2. The van der Waals surface area contributed by atoms with E-state index in [0.29, 0.717) is 20.7 Å². The van der Waals surface area contributed by atoms with Gasteiger partial charge in [-0.2, -0.15) is 0 Å². The molecule has 100 valence electrons. The van der Waals surface area contributed by atoms with Crippen LogP contribution < -0.4 is 8.92 Å². The van der Waals surface area contributed by atoms with Gasteiger partial charge in [0, 0.05) is 0 Å². The summed E-state index contributed by atoms with van der Waals surface area (Å²) in [6, 6.07) is 8.79. The summed E-state index contributed by atoms with van der Waals surface area (Å²) in [5.41, 5.74) is 6.06. The summed E-state index contributed by atoms with van der Waals surface area (Å²) in [6.07, 6.45) is 0. The average Bonchev–Trinajstić information content (AvgIpc) is 2.33. The molecule has 2 aromatic carbocycles. The molecular weight excluding hydrogens is 299 g/mol. The zero-order valence-electron chi connectivity index (χ0n) is 12.2. The predicted molar refractivity (Wildman–Crippen MR) is 83.3 cm³/mol. The van der Waals surface area contributed by atoms with Crippen LogP contribution in [0.5, 0.6) is 5.75 Å². The molecule has 0 unspecified atom stereocenters. The number of rotatable bonds is 2. The molecule has 2 heteroatoms. The summed E-state index contributed by atoms with van der Waals surface area (Å²) in [7, 11) is 0. The molecule has 0 saturated carbocycles. The third-order valence-electron chi connectivity index (χ3n) is 3.60. The van der Waals surface area contributed by atoms with Crippen LogP contribution in [0.25, 0.3) is 0 Å². The molecule has 2 rings (SSSR count). The van der Waals surface area contributed by atoms with Gasteiger partial charge in [-0.05, 0) is 0 Å². The molecule has 0 fully saturated rings. The van der Waals surface area contributed by atoms with Gasteiger partial charge in [-0.3, -0.25) is 0 Å². The van der Waals surface area contributed by atoms with Crippen molar-refractivity contribution in [3.63, 3.8) is 0 Å². The third kappa shape index (κ3) is 3.02. The van der Waals surface area contributed by atoms with Crippen molar-refractivity contribution in [1.82, 2.24) is 0 Å². The molecule has 19 heavy (non-hydrogen) atoms. The van der Waals surface area contributed by atoms with E-state index in [1.54, 1.807) is 0 Å². The molecular formula is C17H20OSe. The normalized spacial score (nSPS) is 10.8. The first kappa shape index (κ1) is 14.2. The first-order valence-electron chi connectivity index (χ1n) is 6.44. The van der Waals surface area contributed by atoms with Crippen molar-refractivity contribution in [2.45, 2.75) is 34.6 Å². The van der Waals surface area contributed by atoms with Gasteiger partial charge in [0.05, 0.1) is 0 Å². The van der Waals surface area contributed by atoms with E-state index >= 15 is 0 Å². The first-order valence-corrected chi connectivity index (χ1v) is 8.15. The number of phenolic OH excluding ortho intramolecular Hbond substituents is 1. The first-order chi connectivity index (χ1) is 8.88. The van der Waals surface area contributed by atoms with Gasteiger partial charge in [-0.25, -0.2) is 0 Å². The number of phenols is 1. The molecule has 0 radical (unpaired) electrons. The van der Waals surface area contributed by atoms with Crippen LogP contribution in [-0.4, -0.2) is 20.1 Å². The van der Waals surface area contributed by atoms with E-state index in [4.69, 9.17) is 0 Å². The molecule has 2 aromatic rings. The zero-order valence-corrected chi connectivity index (χ0v) is 13.9. The molecule has 1 nitrogen and oxygen atoms in total. The van der Waals surface area contributed by atoms with Crippen LogP contribution in [0.3, 0.4) is 0 Å². The standard InChI is InChI=1S/C17H20OSe/c1-10-6-15(7-11(2)14(10)5)19-16-8-12(3)17(18)13(4)9-16/h6-9,18H,1-5H3. The second-order valence-electron chi connectivity index (χ2n) is 5.19. The maximum absolute atomic E-state index is 9.83. The fourth-order valence-corrected chi connectivity index (χ4v) is 4.72. The molecule has 0 spiro atoms. The number of aryl methyl sites for hydroxylation is 4. The Balaban J connectivity index is 2.36. The van der Waals surface area contributed by atoms with Crippen LogP contribution in [0.2, 0.25) is 0 Å². The second kappa shape index (κ2) is 5.40. The number of hydrogen-bond acceptors (Lipinski definition) is 1. The summed E-state index contributed by atoms with van der Waals surface area (Å²) in [6.45, 7) is 10.5. The average molecular weight is 319 g/mol. The molecule has 0 bridgehead atoms. The number of aromatic hydroxyl groups is 1. The van der Waals surface area contributed by atoms with Gasteiger partial charge in [0.25, 0.3) is 0 Å². The summed E-state index contributed by atoms with van der Waals surface area (Å²) in [5, 5.41) is 9.83. The van der Waals surface area contributed by atoms with Crippen molar-refractivity contribution in [3.05, 3.63) is 52.1 Å². The number of hydrogen-bond donors (Lipinski definition) is 1. The Morgan fingerprint density at radius 1 is 0.684 bits per heavy atom. The van der Waals surface area contributed by atoms with Crippen LogP contribution in [-0.2, 0) is 0 Å². The second-order valence-corrected chi connectivity index (χ2v) is 7.60. The Morgan fingerprint density at radius 2 is 1.05 bits per heavy atom. The summed E-state index contributed by atoms with van der Waals surface area (Å²) < 4.78 is 2.72. The molecule has 0 aliphatic rings. The maximum atomic E-state index is 9.83. The van der Waals surface area contributed by atoms with E-state index < -0.39 is 0 Å². The molecule has 0 aromatic heterocycles. The van der Waals surface area contributed by atoms with Gasteiger partial charge in [0.2, 0.25) is 0 Å². The van der Waals surface area contributed by atoms with Gasteiger partial charge in [0.15, 0.2) is 0 Å². The Hall–Kier alpha value is -1.24. The van der Waals surface area contributed by atoms with E-state index in [0.717, 1.165) is 11.1 Å². The fraction of sp³-hybridized carbons (Fsp3) is 0.294. The van der Waals surface area contributed by atoms with E-state index in [1.165, 1.54) is 25.6 Å². The Morgan fingerprint density at radius 3 is 1.47 bits per heavy atom. The molecule has 0 heterocycles. The van der Waals surface area contributed by atoms with Crippen molar-refractivity contribution >= 4 is 23.9 Å². The van der Waals surface area contributed by atoms with Crippen LogP contribution in [0.15, 0.2) is 24.3 Å². The van der Waals surface area contributed by atoms with Gasteiger partial charge in [0.1, 0.15) is 0 Å². The van der Waals surface area contributed by atoms with Gasteiger partial charge < -0.3 is 0 Å². The summed E-state index contributed by atoms with van der Waals surface area (Å²) in [4.78, 5) is 0. The Kier molecular flexibility index (Phi) is 4.03. The molecule has 0 amide bonds. The van der Waals surface area contributed by atoms with Crippen molar-refractivity contribution in [1.29, 1.82) is 0 Å². The summed E-state index contributed by atoms with van der Waals surface area (Å²) >= 11 is 0.298. The van der Waals surface area contributed by atoms with Crippen molar-refractivity contribution in [3.8, 4) is 5.75 Å². The minimum atomic E-state index is 0.298. The van der Waals surface area contributed by atoms with Crippen LogP contribution in [0, 0.1) is 34.6 Å².